The molecule has 0 bridgehead atoms. The summed E-state index contributed by atoms with van der Waals surface area (Å²) in [5, 5.41) is 0.882. The molecule has 0 aliphatic heterocycles. The molecular weight excluding hydrogens is 308 g/mol. The lowest BCUT2D eigenvalue weighted by molar-refractivity contribution is 0.0592. The van der Waals surface area contributed by atoms with E-state index < -0.39 is 0 Å². The largest absolute Gasteiger partial charge is 0.492 e. The van der Waals surface area contributed by atoms with E-state index in [2.05, 4.69) is 29.8 Å². The average Bonchev–Trinajstić information content (AvgIpc) is 2.49. The molecule has 4 heteroatoms. The third-order valence-electron chi connectivity index (χ3n) is 3.61. The third kappa shape index (κ3) is 3.96. The lowest BCUT2D eigenvalue weighted by atomic mass is 9.86. The molecule has 19 heavy (non-hydrogen) atoms. The van der Waals surface area contributed by atoms with Gasteiger partial charge in [-0.25, -0.2) is 4.79 Å². The molecule has 0 atom stereocenters. The van der Waals surface area contributed by atoms with Crippen LogP contribution in [0.3, 0.4) is 0 Å². The van der Waals surface area contributed by atoms with Crippen molar-refractivity contribution >= 4 is 21.9 Å². The number of ether oxygens (including phenoxy) is 2. The van der Waals surface area contributed by atoms with Gasteiger partial charge in [0.05, 0.1) is 13.7 Å². The number of methoxy groups -OCH3 is 1. The van der Waals surface area contributed by atoms with E-state index in [-0.39, 0.29) is 11.4 Å². The van der Waals surface area contributed by atoms with Gasteiger partial charge in [-0.15, -0.1) is 0 Å². The van der Waals surface area contributed by atoms with Gasteiger partial charge < -0.3 is 9.47 Å². The SMILES string of the molecule is CCC(CC)(CBr)COc1ccccc1C(=O)OC. The fourth-order valence-corrected chi connectivity index (χ4v) is 2.74. The predicted octanol–water partition coefficient (Wildman–Crippen LogP) is 4.05. The molecule has 0 aromatic heterocycles. The van der Waals surface area contributed by atoms with Crippen molar-refractivity contribution in [3.05, 3.63) is 29.8 Å². The zero-order valence-electron chi connectivity index (χ0n) is 11.7. The topological polar surface area (TPSA) is 35.5 Å². The summed E-state index contributed by atoms with van der Waals surface area (Å²) in [6.07, 6.45) is 2.05. The second-order valence-electron chi connectivity index (χ2n) is 4.62. The molecule has 1 aromatic rings. The summed E-state index contributed by atoms with van der Waals surface area (Å²) >= 11 is 3.56. The Labute approximate surface area is 123 Å². The standard InChI is InChI=1S/C15H21BrO3/c1-4-15(5-2,10-16)11-19-13-9-7-6-8-12(13)14(17)18-3/h6-9H,4-5,10-11H2,1-3H3. The van der Waals surface area contributed by atoms with Gasteiger partial charge in [0.15, 0.2) is 0 Å². The smallest absolute Gasteiger partial charge is 0.341 e. The Balaban J connectivity index is 2.85. The van der Waals surface area contributed by atoms with E-state index in [9.17, 15) is 4.79 Å². The van der Waals surface area contributed by atoms with E-state index in [1.54, 1.807) is 18.2 Å². The highest BCUT2D eigenvalue weighted by Gasteiger charge is 2.26. The highest BCUT2D eigenvalue weighted by molar-refractivity contribution is 9.09. The zero-order valence-corrected chi connectivity index (χ0v) is 13.3. The summed E-state index contributed by atoms with van der Waals surface area (Å²) < 4.78 is 10.6. The molecule has 0 spiro atoms. The Hall–Kier alpha value is -1.03. The minimum atomic E-state index is -0.368. The van der Waals surface area contributed by atoms with Crippen LogP contribution < -0.4 is 4.74 Å². The van der Waals surface area contributed by atoms with Crippen LogP contribution in [-0.4, -0.2) is 25.0 Å². The van der Waals surface area contributed by atoms with Crippen LogP contribution in [0, 0.1) is 5.41 Å². The van der Waals surface area contributed by atoms with E-state index in [1.165, 1.54) is 7.11 Å². The quantitative estimate of drug-likeness (QED) is 0.559. The van der Waals surface area contributed by atoms with E-state index in [4.69, 9.17) is 9.47 Å². The van der Waals surface area contributed by atoms with Crippen molar-refractivity contribution in [1.29, 1.82) is 0 Å². The Kier molecular flexibility index (Phi) is 6.35. The molecule has 0 heterocycles. The summed E-state index contributed by atoms with van der Waals surface area (Å²) in [6, 6.07) is 7.18. The number of esters is 1. The van der Waals surface area contributed by atoms with E-state index in [1.807, 2.05) is 6.07 Å². The highest BCUT2D eigenvalue weighted by atomic mass is 79.9. The fourth-order valence-electron chi connectivity index (χ4n) is 1.78. The maximum absolute atomic E-state index is 11.7. The van der Waals surface area contributed by atoms with Crippen LogP contribution >= 0.6 is 15.9 Å². The van der Waals surface area contributed by atoms with Crippen molar-refractivity contribution in [2.45, 2.75) is 26.7 Å². The van der Waals surface area contributed by atoms with Crippen molar-refractivity contribution in [3.63, 3.8) is 0 Å². The Morgan fingerprint density at radius 1 is 1.26 bits per heavy atom. The van der Waals surface area contributed by atoms with Crippen LogP contribution in [0.5, 0.6) is 5.75 Å². The molecule has 0 unspecified atom stereocenters. The van der Waals surface area contributed by atoms with Gasteiger partial charge in [-0.05, 0) is 25.0 Å². The second kappa shape index (κ2) is 7.53. The predicted molar refractivity (Wildman–Crippen MR) is 80.1 cm³/mol. The Morgan fingerprint density at radius 3 is 2.42 bits per heavy atom. The van der Waals surface area contributed by atoms with E-state index >= 15 is 0 Å². The zero-order chi connectivity index (χ0) is 14.3. The first-order valence-electron chi connectivity index (χ1n) is 6.48. The van der Waals surface area contributed by atoms with Gasteiger partial charge in [0.25, 0.3) is 0 Å². The number of carbonyl (C=O) groups excluding carboxylic acids is 1. The van der Waals surface area contributed by atoms with Gasteiger partial charge in [-0.2, -0.15) is 0 Å². The summed E-state index contributed by atoms with van der Waals surface area (Å²) in [7, 11) is 1.37. The summed E-state index contributed by atoms with van der Waals surface area (Å²) in [4.78, 5) is 11.7. The molecule has 1 aromatic carbocycles. The average molecular weight is 329 g/mol. The molecule has 106 valence electrons. The van der Waals surface area contributed by atoms with Gasteiger partial charge in [-0.1, -0.05) is 41.9 Å². The summed E-state index contributed by atoms with van der Waals surface area (Å²) in [5.41, 5.74) is 0.573. The first-order chi connectivity index (χ1) is 9.12. The molecule has 0 amide bonds. The van der Waals surface area contributed by atoms with Crippen molar-refractivity contribution in [2.75, 3.05) is 19.0 Å². The van der Waals surface area contributed by atoms with Crippen LogP contribution in [0.15, 0.2) is 24.3 Å². The Bertz CT molecular complexity index is 405. The number of hydrogen-bond donors (Lipinski definition) is 0. The number of rotatable bonds is 7. The van der Waals surface area contributed by atoms with E-state index in [0.717, 1.165) is 18.2 Å². The van der Waals surface area contributed by atoms with E-state index in [0.29, 0.717) is 17.9 Å². The fraction of sp³-hybridized carbons (Fsp3) is 0.533. The number of para-hydroxylation sites is 1. The Morgan fingerprint density at radius 2 is 1.89 bits per heavy atom. The molecule has 1 rings (SSSR count). The van der Waals surface area contributed by atoms with Gasteiger partial charge in [-0.3, -0.25) is 0 Å². The number of carbonyl (C=O) groups is 1. The summed E-state index contributed by atoms with van der Waals surface area (Å²) in [6.45, 7) is 4.89. The highest BCUT2D eigenvalue weighted by Crippen LogP contribution is 2.30. The van der Waals surface area contributed by atoms with Gasteiger partial charge in [0.2, 0.25) is 0 Å². The van der Waals surface area contributed by atoms with Gasteiger partial charge >= 0.3 is 5.97 Å². The molecule has 3 nitrogen and oxygen atoms in total. The summed E-state index contributed by atoms with van der Waals surface area (Å²) in [5.74, 6) is 0.217. The first-order valence-corrected chi connectivity index (χ1v) is 7.60. The third-order valence-corrected chi connectivity index (χ3v) is 4.80. The molecule has 0 fully saturated rings. The van der Waals surface area contributed by atoms with Crippen LogP contribution in [0.4, 0.5) is 0 Å². The molecule has 0 saturated heterocycles. The molecule has 0 saturated carbocycles. The molecule has 0 aliphatic rings. The van der Waals surface area contributed by atoms with Crippen LogP contribution in [0.1, 0.15) is 37.0 Å². The van der Waals surface area contributed by atoms with Crippen molar-refractivity contribution in [3.8, 4) is 5.75 Å². The lowest BCUT2D eigenvalue weighted by Gasteiger charge is -2.29. The molecule has 0 aliphatic carbocycles. The normalized spacial score (nSPS) is 11.2. The monoisotopic (exact) mass is 328 g/mol. The molecule has 0 radical (unpaired) electrons. The van der Waals surface area contributed by atoms with Crippen molar-refractivity contribution in [1.82, 2.24) is 0 Å². The van der Waals surface area contributed by atoms with Gasteiger partial charge in [0.1, 0.15) is 11.3 Å². The second-order valence-corrected chi connectivity index (χ2v) is 5.18. The molecular formula is C15H21BrO3. The van der Waals surface area contributed by atoms with Crippen LogP contribution in [0.2, 0.25) is 0 Å². The van der Waals surface area contributed by atoms with Gasteiger partial charge in [0, 0.05) is 10.7 Å². The number of hydrogen-bond acceptors (Lipinski definition) is 3. The maximum atomic E-state index is 11.7. The molecule has 0 N–H and O–H groups in total. The van der Waals surface area contributed by atoms with Crippen LogP contribution in [-0.2, 0) is 4.74 Å². The van der Waals surface area contributed by atoms with Crippen LogP contribution in [0.25, 0.3) is 0 Å². The van der Waals surface area contributed by atoms with Crippen molar-refractivity contribution in [2.24, 2.45) is 5.41 Å². The number of alkyl halides is 1. The van der Waals surface area contributed by atoms with Crippen molar-refractivity contribution < 1.29 is 14.3 Å². The maximum Gasteiger partial charge on any atom is 0.341 e. The first kappa shape index (κ1) is 16.0. The lowest BCUT2D eigenvalue weighted by Crippen LogP contribution is -2.29. The minimum Gasteiger partial charge on any atom is -0.492 e. The number of benzene rings is 1. The minimum absolute atomic E-state index is 0.100. The number of halogens is 1.